The topological polar surface area (TPSA) is 49.4 Å². The van der Waals surface area contributed by atoms with E-state index in [9.17, 15) is 17.2 Å². The minimum atomic E-state index is -3.90. The van der Waals surface area contributed by atoms with Crippen LogP contribution < -0.4 is 5.32 Å². The minimum absolute atomic E-state index is 0.0621. The van der Waals surface area contributed by atoms with Crippen molar-refractivity contribution in [2.75, 3.05) is 20.1 Å². The molecule has 4 nitrogen and oxygen atoms in total. The molecule has 1 aliphatic heterocycles. The number of rotatable bonds is 3. The van der Waals surface area contributed by atoms with Crippen LogP contribution in [0.3, 0.4) is 0 Å². The summed E-state index contributed by atoms with van der Waals surface area (Å²) in [6.45, 7) is 0.660. The SMILES string of the molecule is CNC1CCCN(S(=O)(=O)c2ccc(F)cc2F)C1. The molecule has 0 spiro atoms. The third kappa shape index (κ3) is 2.93. The van der Waals surface area contributed by atoms with E-state index in [1.165, 1.54) is 4.31 Å². The number of nitrogens with one attached hydrogen (secondary N) is 1. The van der Waals surface area contributed by atoms with Crippen molar-refractivity contribution < 1.29 is 17.2 Å². The highest BCUT2D eigenvalue weighted by Crippen LogP contribution is 2.23. The Bertz CT molecular complexity index is 563. The predicted molar refractivity (Wildman–Crippen MR) is 67.2 cm³/mol. The van der Waals surface area contributed by atoms with Crippen LogP contribution in [0.2, 0.25) is 0 Å². The second-order valence-electron chi connectivity index (χ2n) is 4.57. The van der Waals surface area contributed by atoms with Crippen molar-refractivity contribution in [2.24, 2.45) is 0 Å². The third-order valence-corrected chi connectivity index (χ3v) is 5.20. The number of hydrogen-bond donors (Lipinski definition) is 1. The summed E-state index contributed by atoms with van der Waals surface area (Å²) in [7, 11) is -2.14. The lowest BCUT2D eigenvalue weighted by atomic mass is 10.1. The van der Waals surface area contributed by atoms with Gasteiger partial charge in [0, 0.05) is 25.2 Å². The van der Waals surface area contributed by atoms with Crippen LogP contribution in [0.25, 0.3) is 0 Å². The number of nitrogens with zero attached hydrogens (tertiary/aromatic N) is 1. The zero-order valence-corrected chi connectivity index (χ0v) is 11.4. The van der Waals surface area contributed by atoms with Crippen LogP contribution >= 0.6 is 0 Å². The number of hydrogen-bond acceptors (Lipinski definition) is 3. The van der Waals surface area contributed by atoms with E-state index in [0.29, 0.717) is 25.6 Å². The molecular formula is C12H16F2N2O2S. The highest BCUT2D eigenvalue weighted by atomic mass is 32.2. The summed E-state index contributed by atoms with van der Waals surface area (Å²) in [4.78, 5) is -0.467. The quantitative estimate of drug-likeness (QED) is 0.914. The largest absolute Gasteiger partial charge is 0.316 e. The Balaban J connectivity index is 2.31. The normalized spacial score (nSPS) is 21.5. The Kier molecular flexibility index (Phi) is 4.17. The van der Waals surface area contributed by atoms with Gasteiger partial charge in [-0.3, -0.25) is 0 Å². The molecule has 0 bridgehead atoms. The lowest BCUT2D eigenvalue weighted by Crippen LogP contribution is -2.47. The van der Waals surface area contributed by atoms with Crippen molar-refractivity contribution in [1.29, 1.82) is 0 Å². The molecule has 106 valence electrons. The zero-order valence-electron chi connectivity index (χ0n) is 10.6. The molecule has 1 saturated heterocycles. The molecule has 2 rings (SSSR count). The van der Waals surface area contributed by atoms with Gasteiger partial charge < -0.3 is 5.32 Å². The van der Waals surface area contributed by atoms with Gasteiger partial charge in [0.05, 0.1) is 0 Å². The second kappa shape index (κ2) is 5.52. The van der Waals surface area contributed by atoms with Crippen molar-refractivity contribution in [3.05, 3.63) is 29.8 Å². The van der Waals surface area contributed by atoms with Gasteiger partial charge in [-0.25, -0.2) is 17.2 Å². The van der Waals surface area contributed by atoms with Crippen molar-refractivity contribution >= 4 is 10.0 Å². The molecule has 0 radical (unpaired) electrons. The van der Waals surface area contributed by atoms with Crippen molar-refractivity contribution in [3.8, 4) is 0 Å². The lowest BCUT2D eigenvalue weighted by Gasteiger charge is -2.31. The van der Waals surface area contributed by atoms with E-state index in [4.69, 9.17) is 0 Å². The maximum atomic E-state index is 13.6. The lowest BCUT2D eigenvalue weighted by molar-refractivity contribution is 0.292. The summed E-state index contributed by atoms with van der Waals surface area (Å²) in [5, 5.41) is 3.02. The Hall–Kier alpha value is -1.05. The van der Waals surface area contributed by atoms with Gasteiger partial charge in [-0.1, -0.05) is 0 Å². The Morgan fingerprint density at radius 2 is 2.11 bits per heavy atom. The molecular weight excluding hydrogens is 274 g/mol. The van der Waals surface area contributed by atoms with Crippen LogP contribution in [0.5, 0.6) is 0 Å². The first-order chi connectivity index (χ1) is 8.95. The maximum absolute atomic E-state index is 13.6. The smallest absolute Gasteiger partial charge is 0.246 e. The zero-order chi connectivity index (χ0) is 14.0. The van der Waals surface area contributed by atoms with Crippen LogP contribution in [0.1, 0.15) is 12.8 Å². The third-order valence-electron chi connectivity index (χ3n) is 3.30. The molecule has 0 aromatic heterocycles. The molecule has 1 fully saturated rings. The summed E-state index contributed by atoms with van der Waals surface area (Å²) in [5.41, 5.74) is 0. The molecule has 1 aromatic rings. The van der Waals surface area contributed by atoms with Crippen molar-refractivity contribution in [2.45, 2.75) is 23.8 Å². The van der Waals surface area contributed by atoms with Crippen LogP contribution in [0, 0.1) is 11.6 Å². The van der Waals surface area contributed by atoms with E-state index < -0.39 is 26.6 Å². The average molecular weight is 290 g/mol. The highest BCUT2D eigenvalue weighted by Gasteiger charge is 2.31. The standard InChI is InChI=1S/C12H16F2N2O2S/c1-15-10-3-2-6-16(8-10)19(17,18)12-5-4-9(13)7-11(12)14/h4-5,7,10,15H,2-3,6,8H2,1H3. The predicted octanol–water partition coefficient (Wildman–Crippen LogP) is 1.34. The molecule has 19 heavy (non-hydrogen) atoms. The number of benzene rings is 1. The van der Waals surface area contributed by atoms with E-state index in [2.05, 4.69) is 5.32 Å². The van der Waals surface area contributed by atoms with Crippen LogP contribution in [-0.4, -0.2) is 38.9 Å². The Morgan fingerprint density at radius 3 is 2.74 bits per heavy atom. The summed E-state index contributed by atoms with van der Waals surface area (Å²) in [6.07, 6.45) is 1.60. The molecule has 1 aromatic carbocycles. The van der Waals surface area contributed by atoms with Gasteiger partial charge in [0.15, 0.2) is 0 Å². The first-order valence-electron chi connectivity index (χ1n) is 6.07. The van der Waals surface area contributed by atoms with Crippen molar-refractivity contribution in [3.63, 3.8) is 0 Å². The molecule has 1 unspecified atom stereocenters. The first kappa shape index (κ1) is 14.4. The number of sulfonamides is 1. The Labute approximate surface area is 111 Å². The van der Waals surface area contributed by atoms with Gasteiger partial charge >= 0.3 is 0 Å². The van der Waals surface area contributed by atoms with E-state index in [-0.39, 0.29) is 6.04 Å². The molecule has 1 N–H and O–H groups in total. The summed E-state index contributed by atoms with van der Waals surface area (Å²) >= 11 is 0. The van der Waals surface area contributed by atoms with Crippen LogP contribution in [0.4, 0.5) is 8.78 Å². The van der Waals surface area contributed by atoms with Gasteiger partial charge in [0.2, 0.25) is 10.0 Å². The molecule has 1 atom stereocenters. The fourth-order valence-corrected chi connectivity index (χ4v) is 3.79. The summed E-state index contributed by atoms with van der Waals surface area (Å²) in [6, 6.07) is 2.58. The van der Waals surface area contributed by atoms with Crippen molar-refractivity contribution in [1.82, 2.24) is 9.62 Å². The Morgan fingerprint density at radius 1 is 1.37 bits per heavy atom. The molecule has 7 heteroatoms. The maximum Gasteiger partial charge on any atom is 0.246 e. The molecule has 1 aliphatic rings. The van der Waals surface area contributed by atoms with Gasteiger partial charge in [-0.05, 0) is 32.0 Å². The number of piperidine rings is 1. The van der Waals surface area contributed by atoms with Gasteiger partial charge in [-0.2, -0.15) is 4.31 Å². The van der Waals surface area contributed by atoms with E-state index in [1.807, 2.05) is 0 Å². The van der Waals surface area contributed by atoms with Crippen LogP contribution in [-0.2, 0) is 10.0 Å². The van der Waals surface area contributed by atoms with Crippen LogP contribution in [0.15, 0.2) is 23.1 Å². The molecule has 0 amide bonds. The number of likely N-dealkylation sites (N-methyl/N-ethyl adjacent to an activating group) is 1. The average Bonchev–Trinajstić information content (AvgIpc) is 2.38. The van der Waals surface area contributed by atoms with E-state index in [1.54, 1.807) is 7.05 Å². The van der Waals surface area contributed by atoms with Gasteiger partial charge in [-0.15, -0.1) is 0 Å². The summed E-state index contributed by atoms with van der Waals surface area (Å²) < 4.78 is 52.3. The molecule has 0 aliphatic carbocycles. The fraction of sp³-hybridized carbons (Fsp3) is 0.500. The molecule has 1 heterocycles. The van der Waals surface area contributed by atoms with Gasteiger partial charge in [0.25, 0.3) is 0 Å². The van der Waals surface area contributed by atoms with Gasteiger partial charge in [0.1, 0.15) is 16.5 Å². The monoisotopic (exact) mass is 290 g/mol. The molecule has 0 saturated carbocycles. The highest BCUT2D eigenvalue weighted by molar-refractivity contribution is 7.89. The van der Waals surface area contributed by atoms with E-state index >= 15 is 0 Å². The fourth-order valence-electron chi connectivity index (χ4n) is 2.22. The summed E-state index contributed by atoms with van der Waals surface area (Å²) in [5.74, 6) is -1.84. The van der Waals surface area contributed by atoms with E-state index in [0.717, 1.165) is 18.6 Å². The minimum Gasteiger partial charge on any atom is -0.316 e. The first-order valence-corrected chi connectivity index (χ1v) is 7.51. The number of halogens is 2. The second-order valence-corrected chi connectivity index (χ2v) is 6.47.